The smallest absolute Gasteiger partial charge is 0.342 e. The number of para-hydroxylation sites is 1. The van der Waals surface area contributed by atoms with Crippen LogP contribution in [0.15, 0.2) is 30.3 Å². The molecule has 2 amide bonds. The Kier molecular flexibility index (Phi) is 7.73. The molecule has 0 unspecified atom stereocenters. The summed E-state index contributed by atoms with van der Waals surface area (Å²) in [7, 11) is 0. The topological polar surface area (TPSA) is 97.4 Å². The number of carbonyl (C=O) groups is 3. The Balaban J connectivity index is 2.02. The normalized spacial score (nSPS) is 10.6. The molecule has 0 radical (unpaired) electrons. The number of hydrogen-bond donors (Lipinski definition) is 2. The average Bonchev–Trinajstić information content (AvgIpc) is 2.64. The van der Waals surface area contributed by atoms with E-state index in [9.17, 15) is 14.4 Å². The van der Waals surface area contributed by atoms with E-state index < -0.39 is 18.5 Å². The van der Waals surface area contributed by atoms with E-state index in [0.717, 1.165) is 0 Å². The van der Waals surface area contributed by atoms with Gasteiger partial charge in [-0.3, -0.25) is 9.59 Å². The predicted octanol–water partition coefficient (Wildman–Crippen LogP) is 3.53. The highest BCUT2D eigenvalue weighted by molar-refractivity contribution is 6.32. The standard InChI is InChI=1S/C21H24ClN3O4/c1-12(2)10-23-20(27)15-7-5-6-8-16(15)25-17(26)11-29-21(28)18-13(3)9-14(4)24-19(18)22/h5-9,12H,10-11H2,1-4H3,(H,23,27)(H,25,26). The lowest BCUT2D eigenvalue weighted by Gasteiger charge is -2.13. The maximum atomic E-state index is 12.3. The van der Waals surface area contributed by atoms with Gasteiger partial charge < -0.3 is 15.4 Å². The highest BCUT2D eigenvalue weighted by atomic mass is 35.5. The maximum Gasteiger partial charge on any atom is 0.342 e. The Morgan fingerprint density at radius 2 is 1.86 bits per heavy atom. The number of anilines is 1. The van der Waals surface area contributed by atoms with Gasteiger partial charge in [0.05, 0.1) is 16.8 Å². The van der Waals surface area contributed by atoms with Gasteiger partial charge in [-0.05, 0) is 43.5 Å². The molecule has 0 aliphatic heterocycles. The second-order valence-corrected chi connectivity index (χ2v) is 7.38. The van der Waals surface area contributed by atoms with E-state index in [4.69, 9.17) is 16.3 Å². The minimum Gasteiger partial charge on any atom is -0.452 e. The average molecular weight is 418 g/mol. The highest BCUT2D eigenvalue weighted by Crippen LogP contribution is 2.20. The molecule has 29 heavy (non-hydrogen) atoms. The quantitative estimate of drug-likeness (QED) is 0.530. The molecule has 0 aliphatic carbocycles. The fraction of sp³-hybridized carbons (Fsp3) is 0.333. The van der Waals surface area contributed by atoms with Gasteiger partial charge in [0.2, 0.25) is 0 Å². The summed E-state index contributed by atoms with van der Waals surface area (Å²) < 4.78 is 5.07. The summed E-state index contributed by atoms with van der Waals surface area (Å²) in [5, 5.41) is 5.43. The second kappa shape index (κ2) is 10.0. The molecular formula is C21H24ClN3O4. The Labute approximate surface area is 174 Å². The van der Waals surface area contributed by atoms with Gasteiger partial charge in [-0.2, -0.15) is 0 Å². The summed E-state index contributed by atoms with van der Waals surface area (Å²) in [4.78, 5) is 40.9. The molecule has 2 aromatic rings. The molecule has 0 aliphatic rings. The number of halogens is 1. The van der Waals surface area contributed by atoms with Gasteiger partial charge in [0, 0.05) is 12.2 Å². The van der Waals surface area contributed by atoms with E-state index >= 15 is 0 Å². The number of nitrogens with zero attached hydrogens (tertiary/aromatic N) is 1. The number of rotatable bonds is 7. The second-order valence-electron chi connectivity index (χ2n) is 7.02. The van der Waals surface area contributed by atoms with Crippen molar-refractivity contribution in [2.24, 2.45) is 5.92 Å². The summed E-state index contributed by atoms with van der Waals surface area (Å²) >= 11 is 6.03. The lowest BCUT2D eigenvalue weighted by molar-refractivity contribution is -0.119. The molecular weight excluding hydrogens is 394 g/mol. The lowest BCUT2D eigenvalue weighted by atomic mass is 10.1. The van der Waals surface area contributed by atoms with E-state index in [1.54, 1.807) is 44.2 Å². The number of benzene rings is 1. The third kappa shape index (κ3) is 6.29. The first-order valence-corrected chi connectivity index (χ1v) is 9.54. The molecule has 0 bridgehead atoms. The fourth-order valence-electron chi connectivity index (χ4n) is 2.61. The van der Waals surface area contributed by atoms with Crippen LogP contribution in [0.1, 0.15) is 45.8 Å². The van der Waals surface area contributed by atoms with Crippen LogP contribution in [-0.2, 0) is 9.53 Å². The molecule has 0 fully saturated rings. The van der Waals surface area contributed by atoms with E-state index in [-0.39, 0.29) is 16.6 Å². The Hall–Kier alpha value is -2.93. The molecule has 0 saturated carbocycles. The van der Waals surface area contributed by atoms with Crippen molar-refractivity contribution < 1.29 is 19.1 Å². The van der Waals surface area contributed by atoms with Crippen LogP contribution >= 0.6 is 11.6 Å². The number of ether oxygens (including phenoxy) is 1. The zero-order chi connectivity index (χ0) is 21.6. The maximum absolute atomic E-state index is 12.3. The van der Waals surface area contributed by atoms with Gasteiger partial charge >= 0.3 is 5.97 Å². The monoisotopic (exact) mass is 417 g/mol. The molecule has 0 spiro atoms. The number of pyridine rings is 1. The molecule has 8 heteroatoms. The number of nitrogens with one attached hydrogen (secondary N) is 2. The zero-order valence-corrected chi connectivity index (χ0v) is 17.6. The number of hydrogen-bond acceptors (Lipinski definition) is 5. The van der Waals surface area contributed by atoms with Crippen LogP contribution < -0.4 is 10.6 Å². The largest absolute Gasteiger partial charge is 0.452 e. The van der Waals surface area contributed by atoms with Crippen LogP contribution in [0.5, 0.6) is 0 Å². The van der Waals surface area contributed by atoms with Crippen molar-refractivity contribution in [2.45, 2.75) is 27.7 Å². The number of esters is 1. The Morgan fingerprint density at radius 1 is 1.17 bits per heavy atom. The molecule has 1 heterocycles. The van der Waals surface area contributed by atoms with Crippen molar-refractivity contribution in [1.82, 2.24) is 10.3 Å². The minimum atomic E-state index is -0.738. The van der Waals surface area contributed by atoms with Crippen LogP contribution in [-0.4, -0.2) is 35.9 Å². The Morgan fingerprint density at radius 3 is 2.52 bits per heavy atom. The van der Waals surface area contributed by atoms with Crippen molar-refractivity contribution >= 4 is 35.1 Å². The summed E-state index contributed by atoms with van der Waals surface area (Å²) in [6, 6.07) is 8.32. The van der Waals surface area contributed by atoms with Crippen LogP contribution in [0.4, 0.5) is 5.69 Å². The van der Waals surface area contributed by atoms with Crippen molar-refractivity contribution in [3.63, 3.8) is 0 Å². The predicted molar refractivity (Wildman–Crippen MR) is 111 cm³/mol. The van der Waals surface area contributed by atoms with Gasteiger partial charge in [-0.25, -0.2) is 9.78 Å². The summed E-state index contributed by atoms with van der Waals surface area (Å²) in [5.74, 6) is -1.30. The highest BCUT2D eigenvalue weighted by Gasteiger charge is 2.19. The molecule has 2 rings (SSSR count). The molecule has 154 valence electrons. The third-order valence-corrected chi connectivity index (χ3v) is 4.23. The number of aryl methyl sites for hydroxylation is 2. The van der Waals surface area contributed by atoms with E-state index in [1.165, 1.54) is 0 Å². The minimum absolute atomic E-state index is 0.0278. The third-order valence-electron chi connectivity index (χ3n) is 3.96. The molecule has 0 saturated heterocycles. The van der Waals surface area contributed by atoms with Crippen LogP contribution in [0.3, 0.4) is 0 Å². The van der Waals surface area contributed by atoms with Crippen LogP contribution in [0.2, 0.25) is 5.15 Å². The first-order chi connectivity index (χ1) is 13.7. The summed E-state index contributed by atoms with van der Waals surface area (Å²) in [6.07, 6.45) is 0. The molecule has 1 aromatic carbocycles. The molecule has 1 aromatic heterocycles. The number of amides is 2. The Bertz CT molecular complexity index is 905. The van der Waals surface area contributed by atoms with E-state index in [0.29, 0.717) is 35.0 Å². The van der Waals surface area contributed by atoms with Crippen LogP contribution in [0.25, 0.3) is 0 Å². The van der Waals surface area contributed by atoms with Crippen LogP contribution in [0, 0.1) is 19.8 Å². The van der Waals surface area contributed by atoms with Gasteiger partial charge in [-0.15, -0.1) is 0 Å². The van der Waals surface area contributed by atoms with Gasteiger partial charge in [0.15, 0.2) is 6.61 Å². The summed E-state index contributed by atoms with van der Waals surface area (Å²) in [5.41, 5.74) is 2.07. The fourth-order valence-corrected chi connectivity index (χ4v) is 2.97. The number of carbonyl (C=O) groups excluding carboxylic acids is 3. The van der Waals surface area contributed by atoms with Crippen molar-refractivity contribution in [1.29, 1.82) is 0 Å². The van der Waals surface area contributed by atoms with Crippen molar-refractivity contribution in [2.75, 3.05) is 18.5 Å². The molecule has 7 nitrogen and oxygen atoms in total. The van der Waals surface area contributed by atoms with Crippen molar-refractivity contribution in [3.05, 3.63) is 57.9 Å². The summed E-state index contributed by atoms with van der Waals surface area (Å²) in [6.45, 7) is 7.44. The van der Waals surface area contributed by atoms with Gasteiger partial charge in [0.1, 0.15) is 5.15 Å². The SMILES string of the molecule is Cc1cc(C)c(C(=O)OCC(=O)Nc2ccccc2C(=O)NCC(C)C)c(Cl)n1. The number of aromatic nitrogens is 1. The van der Waals surface area contributed by atoms with Gasteiger partial charge in [-0.1, -0.05) is 37.6 Å². The van der Waals surface area contributed by atoms with Crippen molar-refractivity contribution in [3.8, 4) is 0 Å². The zero-order valence-electron chi connectivity index (χ0n) is 16.8. The molecule has 2 N–H and O–H groups in total. The lowest BCUT2D eigenvalue weighted by Crippen LogP contribution is -2.29. The first kappa shape index (κ1) is 22.4. The van der Waals surface area contributed by atoms with E-state index in [2.05, 4.69) is 15.6 Å². The first-order valence-electron chi connectivity index (χ1n) is 9.17. The van der Waals surface area contributed by atoms with E-state index in [1.807, 2.05) is 13.8 Å². The molecule has 0 atom stereocenters. The van der Waals surface area contributed by atoms with Gasteiger partial charge in [0.25, 0.3) is 11.8 Å².